The summed E-state index contributed by atoms with van der Waals surface area (Å²) >= 11 is 0. The Morgan fingerprint density at radius 1 is 1.37 bits per heavy atom. The molecule has 0 aliphatic rings. The minimum Gasteiger partial charge on any atom is -0.325 e. The van der Waals surface area contributed by atoms with Gasteiger partial charge in [0, 0.05) is 5.69 Å². The fraction of sp³-hybridized carbons (Fsp3) is 0.308. The van der Waals surface area contributed by atoms with Crippen molar-refractivity contribution in [2.75, 3.05) is 12.4 Å². The molecule has 2 N–H and O–H groups in total. The molecule has 1 atom stereocenters. The molecule has 1 amide bonds. The van der Waals surface area contributed by atoms with Crippen LogP contribution in [0.15, 0.2) is 36.9 Å². The monoisotopic (exact) mass is 259 g/mol. The highest BCUT2D eigenvalue weighted by molar-refractivity contribution is 5.94. The van der Waals surface area contributed by atoms with Crippen LogP contribution in [0.25, 0.3) is 0 Å². The lowest BCUT2D eigenvalue weighted by molar-refractivity contribution is -0.117. The van der Waals surface area contributed by atoms with E-state index in [2.05, 4.69) is 20.7 Å². The Balaban J connectivity index is 1.96. The highest BCUT2D eigenvalue weighted by Crippen LogP contribution is 2.10. The number of carbonyl (C=O) groups is 1. The van der Waals surface area contributed by atoms with Gasteiger partial charge in [0.15, 0.2) is 0 Å². The summed E-state index contributed by atoms with van der Waals surface area (Å²) in [6.45, 7) is 2.48. The molecule has 100 valence electrons. The predicted octanol–water partition coefficient (Wildman–Crippen LogP) is 0.873. The van der Waals surface area contributed by atoms with E-state index in [4.69, 9.17) is 0 Å². The third-order valence-corrected chi connectivity index (χ3v) is 2.86. The molecule has 0 bridgehead atoms. The highest BCUT2D eigenvalue weighted by Gasteiger charge is 2.09. The molecule has 19 heavy (non-hydrogen) atoms. The molecule has 0 saturated heterocycles. The average Bonchev–Trinajstić information content (AvgIpc) is 2.93. The van der Waals surface area contributed by atoms with E-state index < -0.39 is 0 Å². The lowest BCUT2D eigenvalue weighted by Crippen LogP contribution is -2.35. The van der Waals surface area contributed by atoms with Crippen LogP contribution < -0.4 is 10.6 Å². The van der Waals surface area contributed by atoms with Gasteiger partial charge in [0.1, 0.15) is 12.7 Å². The Morgan fingerprint density at radius 2 is 2.11 bits per heavy atom. The van der Waals surface area contributed by atoms with Gasteiger partial charge in [0.05, 0.1) is 12.6 Å². The zero-order valence-electron chi connectivity index (χ0n) is 11.0. The van der Waals surface area contributed by atoms with Gasteiger partial charge in [-0.15, -0.1) is 0 Å². The number of hydrogen-bond acceptors (Lipinski definition) is 4. The van der Waals surface area contributed by atoms with Gasteiger partial charge < -0.3 is 10.6 Å². The van der Waals surface area contributed by atoms with Crippen LogP contribution in [0.2, 0.25) is 0 Å². The van der Waals surface area contributed by atoms with E-state index in [1.54, 1.807) is 18.1 Å². The van der Waals surface area contributed by atoms with Crippen LogP contribution in [0.4, 0.5) is 5.69 Å². The van der Waals surface area contributed by atoms with E-state index >= 15 is 0 Å². The van der Waals surface area contributed by atoms with E-state index in [0.717, 1.165) is 11.3 Å². The summed E-state index contributed by atoms with van der Waals surface area (Å²) in [6.07, 6.45) is 3.18. The second kappa shape index (κ2) is 6.10. The summed E-state index contributed by atoms with van der Waals surface area (Å²) < 4.78 is 1.75. The number of amides is 1. The summed E-state index contributed by atoms with van der Waals surface area (Å²) in [5, 5.41) is 9.78. The Kier molecular flexibility index (Phi) is 4.25. The first-order valence-corrected chi connectivity index (χ1v) is 6.08. The summed E-state index contributed by atoms with van der Waals surface area (Å²) in [4.78, 5) is 15.6. The van der Waals surface area contributed by atoms with Crippen LogP contribution in [-0.2, 0) is 11.3 Å². The van der Waals surface area contributed by atoms with Crippen molar-refractivity contribution >= 4 is 11.6 Å². The van der Waals surface area contributed by atoms with Crippen molar-refractivity contribution in [1.29, 1.82) is 0 Å². The summed E-state index contributed by atoms with van der Waals surface area (Å²) in [6, 6.07) is 7.47. The number of benzene rings is 1. The first-order chi connectivity index (χ1) is 9.19. The maximum absolute atomic E-state index is 11.7. The van der Waals surface area contributed by atoms with Crippen LogP contribution in [0, 0.1) is 0 Å². The molecule has 0 spiro atoms. The molecule has 2 aromatic rings. The van der Waals surface area contributed by atoms with Crippen LogP contribution in [0.3, 0.4) is 0 Å². The highest BCUT2D eigenvalue weighted by atomic mass is 16.2. The van der Waals surface area contributed by atoms with Crippen molar-refractivity contribution in [3.05, 3.63) is 42.5 Å². The maximum Gasteiger partial charge on any atom is 0.241 e. The Bertz CT molecular complexity index is 520. The minimum absolute atomic E-state index is 0.0495. The SMILES string of the molecule is CNC(C)C(=O)Nc1ccc(Cn2cncn2)cc1. The molecule has 6 nitrogen and oxygen atoms in total. The predicted molar refractivity (Wildman–Crippen MR) is 72.7 cm³/mol. The molecular weight excluding hydrogens is 242 g/mol. The van der Waals surface area contributed by atoms with Crippen molar-refractivity contribution in [3.63, 3.8) is 0 Å². The van der Waals surface area contributed by atoms with Gasteiger partial charge in [-0.2, -0.15) is 5.10 Å². The fourth-order valence-electron chi connectivity index (χ4n) is 1.58. The van der Waals surface area contributed by atoms with E-state index in [9.17, 15) is 4.79 Å². The van der Waals surface area contributed by atoms with E-state index in [1.807, 2.05) is 31.2 Å². The molecule has 1 heterocycles. The largest absolute Gasteiger partial charge is 0.325 e. The zero-order chi connectivity index (χ0) is 13.7. The normalized spacial score (nSPS) is 12.1. The summed E-state index contributed by atoms with van der Waals surface area (Å²) in [5.74, 6) is -0.0495. The van der Waals surface area contributed by atoms with Crippen molar-refractivity contribution in [3.8, 4) is 0 Å². The standard InChI is InChI=1S/C13H17N5O/c1-10(14-2)13(19)17-12-5-3-11(4-6-12)7-18-9-15-8-16-18/h3-6,8-10,14H,7H2,1-2H3,(H,17,19). The third-order valence-electron chi connectivity index (χ3n) is 2.86. The van der Waals surface area contributed by atoms with Crippen molar-refractivity contribution in [1.82, 2.24) is 20.1 Å². The van der Waals surface area contributed by atoms with E-state index in [-0.39, 0.29) is 11.9 Å². The lowest BCUT2D eigenvalue weighted by atomic mass is 10.2. The van der Waals surface area contributed by atoms with Crippen molar-refractivity contribution in [2.24, 2.45) is 0 Å². The van der Waals surface area contributed by atoms with Gasteiger partial charge in [-0.25, -0.2) is 9.67 Å². The zero-order valence-corrected chi connectivity index (χ0v) is 11.0. The number of likely N-dealkylation sites (N-methyl/N-ethyl adjacent to an activating group) is 1. The number of anilines is 1. The summed E-state index contributed by atoms with van der Waals surface area (Å²) in [7, 11) is 1.76. The molecule has 1 aromatic carbocycles. The van der Waals surface area contributed by atoms with Crippen molar-refractivity contribution in [2.45, 2.75) is 19.5 Å². The first kappa shape index (κ1) is 13.2. The number of hydrogen-bond donors (Lipinski definition) is 2. The molecule has 2 rings (SSSR count). The van der Waals surface area contributed by atoms with Crippen LogP contribution >= 0.6 is 0 Å². The second-order valence-electron chi connectivity index (χ2n) is 4.29. The number of carbonyl (C=O) groups excluding carboxylic acids is 1. The lowest BCUT2D eigenvalue weighted by Gasteiger charge is -2.11. The Hall–Kier alpha value is -2.21. The first-order valence-electron chi connectivity index (χ1n) is 6.08. The van der Waals surface area contributed by atoms with Crippen molar-refractivity contribution < 1.29 is 4.79 Å². The third kappa shape index (κ3) is 3.62. The van der Waals surface area contributed by atoms with E-state index in [1.165, 1.54) is 6.33 Å². The fourth-order valence-corrected chi connectivity index (χ4v) is 1.58. The summed E-state index contributed by atoms with van der Waals surface area (Å²) in [5.41, 5.74) is 1.89. The topological polar surface area (TPSA) is 71.8 Å². The molecule has 1 unspecified atom stereocenters. The van der Waals surface area contributed by atoms with Gasteiger partial charge in [-0.3, -0.25) is 4.79 Å². The van der Waals surface area contributed by atoms with Crippen LogP contribution in [0.5, 0.6) is 0 Å². The molecule has 0 aliphatic carbocycles. The maximum atomic E-state index is 11.7. The number of nitrogens with zero attached hydrogens (tertiary/aromatic N) is 3. The molecule has 0 radical (unpaired) electrons. The molecule has 0 aliphatic heterocycles. The quantitative estimate of drug-likeness (QED) is 0.836. The molecule has 1 aromatic heterocycles. The van der Waals surface area contributed by atoms with Crippen LogP contribution in [-0.4, -0.2) is 33.8 Å². The molecule has 0 fully saturated rings. The minimum atomic E-state index is -0.213. The van der Waals surface area contributed by atoms with Gasteiger partial charge in [0.25, 0.3) is 0 Å². The second-order valence-corrected chi connectivity index (χ2v) is 4.29. The molecule has 0 saturated carbocycles. The average molecular weight is 259 g/mol. The number of nitrogens with one attached hydrogen (secondary N) is 2. The van der Waals surface area contributed by atoms with Gasteiger partial charge in [0.2, 0.25) is 5.91 Å². The molecular formula is C13H17N5O. The number of rotatable bonds is 5. The van der Waals surface area contributed by atoms with Gasteiger partial charge in [-0.05, 0) is 31.7 Å². The Labute approximate surface area is 111 Å². The Morgan fingerprint density at radius 3 is 2.68 bits per heavy atom. The van der Waals surface area contributed by atoms with Gasteiger partial charge in [-0.1, -0.05) is 12.1 Å². The van der Waals surface area contributed by atoms with Crippen LogP contribution in [0.1, 0.15) is 12.5 Å². The van der Waals surface area contributed by atoms with Gasteiger partial charge >= 0.3 is 0 Å². The molecule has 6 heteroatoms. The number of aromatic nitrogens is 3. The smallest absolute Gasteiger partial charge is 0.241 e. The van der Waals surface area contributed by atoms with E-state index in [0.29, 0.717) is 6.54 Å².